The van der Waals surface area contributed by atoms with E-state index in [9.17, 15) is 15.0 Å². The maximum atomic E-state index is 11.9. The summed E-state index contributed by atoms with van der Waals surface area (Å²) >= 11 is 0. The molecular formula is C13H18N2O3. The van der Waals surface area contributed by atoms with Crippen LogP contribution in [0.25, 0.3) is 0 Å². The minimum Gasteiger partial charge on any atom is -0.506 e. The molecule has 0 aromatic heterocycles. The van der Waals surface area contributed by atoms with Gasteiger partial charge in [-0.2, -0.15) is 0 Å². The molecule has 0 spiro atoms. The summed E-state index contributed by atoms with van der Waals surface area (Å²) in [5.41, 5.74) is 6.13. The first-order valence-electron chi connectivity index (χ1n) is 6.13. The highest BCUT2D eigenvalue weighted by Crippen LogP contribution is 2.22. The molecule has 0 atom stereocenters. The Labute approximate surface area is 106 Å². The third kappa shape index (κ3) is 2.92. The van der Waals surface area contributed by atoms with Crippen molar-refractivity contribution in [2.45, 2.75) is 37.8 Å². The number of aliphatic hydroxyl groups excluding tert-OH is 1. The molecule has 0 heterocycles. The maximum Gasteiger partial charge on any atom is 0.251 e. The zero-order valence-corrected chi connectivity index (χ0v) is 10.1. The molecule has 1 saturated carbocycles. The number of aromatic hydroxyl groups is 1. The summed E-state index contributed by atoms with van der Waals surface area (Å²) in [6, 6.07) is 4.56. The van der Waals surface area contributed by atoms with E-state index in [0.29, 0.717) is 5.56 Å². The van der Waals surface area contributed by atoms with E-state index in [0.717, 1.165) is 25.7 Å². The van der Waals surface area contributed by atoms with Crippen LogP contribution < -0.4 is 11.1 Å². The molecule has 1 aromatic carbocycles. The Morgan fingerprint density at radius 2 is 1.94 bits per heavy atom. The molecule has 5 N–H and O–H groups in total. The second-order valence-corrected chi connectivity index (χ2v) is 4.75. The van der Waals surface area contributed by atoms with Gasteiger partial charge in [0.05, 0.1) is 11.8 Å². The van der Waals surface area contributed by atoms with Crippen LogP contribution in [0.15, 0.2) is 18.2 Å². The molecule has 2 rings (SSSR count). The van der Waals surface area contributed by atoms with Crippen molar-refractivity contribution in [3.63, 3.8) is 0 Å². The predicted molar refractivity (Wildman–Crippen MR) is 68.2 cm³/mol. The SMILES string of the molecule is Nc1ccc(C(=O)NC2CCC(O)CC2)cc1O. The van der Waals surface area contributed by atoms with Crippen LogP contribution in [-0.2, 0) is 0 Å². The zero-order valence-electron chi connectivity index (χ0n) is 10.1. The van der Waals surface area contributed by atoms with E-state index in [4.69, 9.17) is 5.73 Å². The van der Waals surface area contributed by atoms with Crippen molar-refractivity contribution in [1.82, 2.24) is 5.32 Å². The monoisotopic (exact) mass is 250 g/mol. The smallest absolute Gasteiger partial charge is 0.251 e. The predicted octanol–water partition coefficient (Wildman–Crippen LogP) is 1.01. The minimum atomic E-state index is -0.237. The molecule has 1 aromatic rings. The second kappa shape index (κ2) is 5.27. The van der Waals surface area contributed by atoms with E-state index >= 15 is 0 Å². The number of amides is 1. The molecule has 98 valence electrons. The number of phenols is 1. The minimum absolute atomic E-state index is 0.0817. The fourth-order valence-corrected chi connectivity index (χ4v) is 2.17. The van der Waals surface area contributed by atoms with E-state index in [1.54, 1.807) is 6.07 Å². The van der Waals surface area contributed by atoms with Gasteiger partial charge < -0.3 is 21.3 Å². The Balaban J connectivity index is 1.97. The number of hydrogen-bond donors (Lipinski definition) is 4. The number of nitrogen functional groups attached to an aromatic ring is 1. The number of rotatable bonds is 2. The van der Waals surface area contributed by atoms with Crippen LogP contribution >= 0.6 is 0 Å². The summed E-state index contributed by atoms with van der Waals surface area (Å²) in [4.78, 5) is 11.9. The van der Waals surface area contributed by atoms with Crippen LogP contribution in [0, 0.1) is 0 Å². The lowest BCUT2D eigenvalue weighted by Crippen LogP contribution is -2.38. The summed E-state index contributed by atoms with van der Waals surface area (Å²) in [6.45, 7) is 0. The molecule has 0 unspecified atom stereocenters. The molecule has 0 radical (unpaired) electrons. The second-order valence-electron chi connectivity index (χ2n) is 4.75. The van der Waals surface area contributed by atoms with Gasteiger partial charge in [-0.1, -0.05) is 0 Å². The standard InChI is InChI=1S/C13H18N2O3/c14-11-6-1-8(7-12(11)17)13(18)15-9-2-4-10(16)5-3-9/h1,6-7,9-10,16-17H,2-5,14H2,(H,15,18). The molecule has 18 heavy (non-hydrogen) atoms. The van der Waals surface area contributed by atoms with Crippen molar-refractivity contribution in [2.75, 3.05) is 5.73 Å². The van der Waals surface area contributed by atoms with E-state index < -0.39 is 0 Å². The van der Waals surface area contributed by atoms with Gasteiger partial charge in [0.2, 0.25) is 0 Å². The van der Waals surface area contributed by atoms with Crippen molar-refractivity contribution in [2.24, 2.45) is 0 Å². The average Bonchev–Trinajstić information content (AvgIpc) is 2.35. The number of phenolic OH excluding ortho intramolecular Hbond substituents is 1. The van der Waals surface area contributed by atoms with E-state index in [1.807, 2.05) is 0 Å². The van der Waals surface area contributed by atoms with Gasteiger partial charge in [0.15, 0.2) is 0 Å². The number of nitrogens with one attached hydrogen (secondary N) is 1. The summed E-state index contributed by atoms with van der Waals surface area (Å²) in [7, 11) is 0. The van der Waals surface area contributed by atoms with Gasteiger partial charge in [-0.3, -0.25) is 4.79 Å². The number of carbonyl (C=O) groups is 1. The summed E-state index contributed by atoms with van der Waals surface area (Å²) < 4.78 is 0. The first-order valence-corrected chi connectivity index (χ1v) is 6.13. The van der Waals surface area contributed by atoms with E-state index in [-0.39, 0.29) is 29.5 Å². The quantitative estimate of drug-likeness (QED) is 0.465. The van der Waals surface area contributed by atoms with Crippen LogP contribution in [0.1, 0.15) is 36.0 Å². The highest BCUT2D eigenvalue weighted by Gasteiger charge is 2.21. The lowest BCUT2D eigenvalue weighted by Gasteiger charge is -2.26. The fraction of sp³-hybridized carbons (Fsp3) is 0.462. The van der Waals surface area contributed by atoms with Crippen molar-refractivity contribution < 1.29 is 15.0 Å². The summed E-state index contributed by atoms with van der Waals surface area (Å²) in [5, 5.41) is 21.7. The van der Waals surface area contributed by atoms with Gasteiger partial charge in [0.1, 0.15) is 5.75 Å². The summed E-state index contributed by atoms with van der Waals surface area (Å²) in [5.74, 6) is -0.298. The first-order chi connectivity index (χ1) is 8.56. The molecule has 1 aliphatic carbocycles. The Morgan fingerprint density at radius 1 is 1.28 bits per heavy atom. The zero-order chi connectivity index (χ0) is 13.1. The number of anilines is 1. The highest BCUT2D eigenvalue weighted by atomic mass is 16.3. The Hall–Kier alpha value is -1.75. The molecule has 5 heteroatoms. The van der Waals surface area contributed by atoms with Crippen LogP contribution in [0.2, 0.25) is 0 Å². The van der Waals surface area contributed by atoms with Gasteiger partial charge in [0, 0.05) is 11.6 Å². The Bertz CT molecular complexity index is 440. The van der Waals surface area contributed by atoms with Gasteiger partial charge >= 0.3 is 0 Å². The Kier molecular flexibility index (Phi) is 3.72. The molecule has 1 amide bonds. The van der Waals surface area contributed by atoms with Crippen LogP contribution in [-0.4, -0.2) is 28.3 Å². The third-order valence-electron chi connectivity index (χ3n) is 3.32. The molecular weight excluding hydrogens is 232 g/mol. The van der Waals surface area contributed by atoms with Gasteiger partial charge in [-0.15, -0.1) is 0 Å². The van der Waals surface area contributed by atoms with Crippen molar-refractivity contribution in [3.05, 3.63) is 23.8 Å². The molecule has 5 nitrogen and oxygen atoms in total. The Morgan fingerprint density at radius 3 is 2.56 bits per heavy atom. The lowest BCUT2D eigenvalue weighted by atomic mass is 9.93. The fourth-order valence-electron chi connectivity index (χ4n) is 2.17. The normalized spacial score (nSPS) is 23.6. The largest absolute Gasteiger partial charge is 0.506 e. The highest BCUT2D eigenvalue weighted by molar-refractivity contribution is 5.95. The first kappa shape index (κ1) is 12.7. The number of carbonyl (C=O) groups excluding carboxylic acids is 1. The van der Waals surface area contributed by atoms with Crippen LogP contribution in [0.5, 0.6) is 5.75 Å². The third-order valence-corrected chi connectivity index (χ3v) is 3.32. The van der Waals surface area contributed by atoms with Gasteiger partial charge in [0.25, 0.3) is 5.91 Å². The lowest BCUT2D eigenvalue weighted by molar-refractivity contribution is 0.0867. The summed E-state index contributed by atoms with van der Waals surface area (Å²) in [6.07, 6.45) is 2.77. The van der Waals surface area contributed by atoms with Crippen molar-refractivity contribution in [3.8, 4) is 5.75 Å². The van der Waals surface area contributed by atoms with Gasteiger partial charge in [-0.25, -0.2) is 0 Å². The molecule has 1 aliphatic rings. The van der Waals surface area contributed by atoms with Crippen molar-refractivity contribution in [1.29, 1.82) is 0 Å². The number of nitrogens with two attached hydrogens (primary N) is 1. The molecule has 0 bridgehead atoms. The van der Waals surface area contributed by atoms with Crippen LogP contribution in [0.3, 0.4) is 0 Å². The average molecular weight is 250 g/mol. The van der Waals surface area contributed by atoms with E-state index in [2.05, 4.69) is 5.32 Å². The van der Waals surface area contributed by atoms with Crippen LogP contribution in [0.4, 0.5) is 5.69 Å². The van der Waals surface area contributed by atoms with Crippen molar-refractivity contribution >= 4 is 11.6 Å². The molecule has 0 aliphatic heterocycles. The number of hydrogen-bond acceptors (Lipinski definition) is 4. The maximum absolute atomic E-state index is 11.9. The topological polar surface area (TPSA) is 95.6 Å². The number of aliphatic hydroxyl groups is 1. The van der Waals surface area contributed by atoms with E-state index in [1.165, 1.54) is 12.1 Å². The number of benzene rings is 1. The molecule has 1 fully saturated rings. The molecule has 0 saturated heterocycles. The van der Waals surface area contributed by atoms with Gasteiger partial charge in [-0.05, 0) is 43.9 Å².